The Morgan fingerprint density at radius 2 is 1.45 bits per heavy atom. The molecule has 2 rings (SSSR count). The predicted octanol–water partition coefficient (Wildman–Crippen LogP) is -5.21. The van der Waals surface area contributed by atoms with Gasteiger partial charge in [0.2, 0.25) is 17.7 Å². The lowest BCUT2D eigenvalue weighted by molar-refractivity contribution is -0.150. The van der Waals surface area contributed by atoms with E-state index >= 15 is 0 Å². The van der Waals surface area contributed by atoms with E-state index in [1.807, 2.05) is 0 Å². The highest BCUT2D eigenvalue weighted by Crippen LogP contribution is 2.21. The Hall–Kier alpha value is -2.32. The molecule has 164 valence electrons. The first kappa shape index (κ1) is 23.0. The molecule has 2 heterocycles. The number of rotatable bonds is 7. The molecular weight excluding hydrogens is 392 g/mol. The van der Waals surface area contributed by atoms with Crippen LogP contribution in [0.15, 0.2) is 0 Å². The average molecular weight is 418 g/mol. The molecule has 6 atom stereocenters. The molecule has 2 fully saturated rings. The molecule has 0 spiro atoms. The summed E-state index contributed by atoms with van der Waals surface area (Å²) < 4.78 is 0. The van der Waals surface area contributed by atoms with Gasteiger partial charge in [-0.3, -0.25) is 14.4 Å². The summed E-state index contributed by atoms with van der Waals surface area (Å²) >= 11 is 0. The largest absolute Gasteiger partial charge is 0.480 e. The van der Waals surface area contributed by atoms with Gasteiger partial charge in [0.15, 0.2) is 0 Å². The number of hydrogen-bond donors (Lipinski definition) is 7. The highest BCUT2D eigenvalue weighted by atomic mass is 16.4. The van der Waals surface area contributed by atoms with Gasteiger partial charge in [-0.15, -0.1) is 0 Å². The molecule has 3 amide bonds. The molecule has 0 aromatic rings. The van der Waals surface area contributed by atoms with E-state index in [0.29, 0.717) is 0 Å². The van der Waals surface area contributed by atoms with Crippen molar-refractivity contribution in [2.75, 3.05) is 26.3 Å². The van der Waals surface area contributed by atoms with Gasteiger partial charge in [0, 0.05) is 25.9 Å². The number of nitrogens with two attached hydrogens (primary N) is 1. The van der Waals surface area contributed by atoms with Crippen LogP contribution in [-0.4, -0.2) is 122 Å². The highest BCUT2D eigenvalue weighted by molar-refractivity contribution is 5.94. The second kappa shape index (κ2) is 9.45. The molecule has 0 bridgehead atoms. The van der Waals surface area contributed by atoms with E-state index in [-0.39, 0.29) is 25.9 Å². The fraction of sp³-hybridized carbons (Fsp3) is 0.750. The van der Waals surface area contributed by atoms with Crippen molar-refractivity contribution in [1.29, 1.82) is 0 Å². The molecule has 0 aliphatic carbocycles. The van der Waals surface area contributed by atoms with Crippen LogP contribution in [0.25, 0.3) is 0 Å². The number of aliphatic hydroxyl groups is 4. The van der Waals surface area contributed by atoms with Crippen molar-refractivity contribution >= 4 is 23.7 Å². The summed E-state index contributed by atoms with van der Waals surface area (Å²) in [5, 5.41) is 49.5. The normalized spacial score (nSPS) is 28.9. The molecule has 0 radical (unpaired) electrons. The van der Waals surface area contributed by atoms with Crippen LogP contribution in [0.5, 0.6) is 0 Å². The summed E-state index contributed by atoms with van der Waals surface area (Å²) in [6.07, 6.45) is -2.38. The second-order valence-corrected chi connectivity index (χ2v) is 7.16. The number of aliphatic hydroxyl groups excluding tert-OH is 4. The molecule has 29 heavy (non-hydrogen) atoms. The number of amides is 3. The van der Waals surface area contributed by atoms with Crippen molar-refractivity contribution in [1.82, 2.24) is 15.1 Å². The topological polar surface area (TPSA) is 214 Å². The van der Waals surface area contributed by atoms with E-state index < -0.39 is 73.3 Å². The number of aliphatic carboxylic acids is 1. The highest BCUT2D eigenvalue weighted by Gasteiger charge is 2.44. The smallest absolute Gasteiger partial charge is 0.326 e. The van der Waals surface area contributed by atoms with Gasteiger partial charge in [0.05, 0.1) is 25.4 Å². The van der Waals surface area contributed by atoms with Crippen LogP contribution in [0.2, 0.25) is 0 Å². The van der Waals surface area contributed by atoms with Crippen molar-refractivity contribution in [3.8, 4) is 0 Å². The van der Waals surface area contributed by atoms with Crippen LogP contribution in [0.1, 0.15) is 12.8 Å². The van der Waals surface area contributed by atoms with E-state index in [1.165, 1.54) is 0 Å². The number of β-amino-alcohol motifs (C(OH)–C–C–N with tert-alkyl or cyclic N) is 2. The van der Waals surface area contributed by atoms with Crippen LogP contribution in [-0.2, 0) is 19.2 Å². The number of carbonyl (C=O) groups is 4. The van der Waals surface area contributed by atoms with Gasteiger partial charge < -0.3 is 46.4 Å². The zero-order chi connectivity index (χ0) is 21.9. The summed E-state index contributed by atoms with van der Waals surface area (Å²) in [7, 11) is 0. The van der Waals surface area contributed by atoms with Gasteiger partial charge in [-0.2, -0.15) is 0 Å². The van der Waals surface area contributed by atoms with Crippen molar-refractivity contribution in [2.45, 2.75) is 49.2 Å². The zero-order valence-corrected chi connectivity index (χ0v) is 15.5. The molecule has 0 aromatic carbocycles. The van der Waals surface area contributed by atoms with E-state index in [9.17, 15) is 39.6 Å². The first-order valence-electron chi connectivity index (χ1n) is 9.08. The van der Waals surface area contributed by atoms with Crippen molar-refractivity contribution in [3.05, 3.63) is 0 Å². The Morgan fingerprint density at radius 1 is 0.931 bits per heavy atom. The molecule has 13 heteroatoms. The Labute approximate surface area is 165 Å². The molecule has 0 unspecified atom stereocenters. The first-order chi connectivity index (χ1) is 13.6. The van der Waals surface area contributed by atoms with Crippen molar-refractivity contribution < 1.29 is 44.7 Å². The standard InChI is InChI=1S/C16H26N4O9/c17-9(5-21)14(26)19-3-7(23)1-11(19)13(25)18-10(6-22)15(27)20-4-8(24)2-12(20)16(28)29/h7-12,21-24H,1-6,17H2,(H,18,25)(H,28,29)/t7-,8-,9+,10+,11+,12+/m1/s1. The quantitative estimate of drug-likeness (QED) is 0.208. The van der Waals surface area contributed by atoms with Gasteiger partial charge in [-0.25, -0.2) is 4.79 Å². The molecule has 2 aliphatic rings. The fourth-order valence-electron chi connectivity index (χ4n) is 3.54. The third kappa shape index (κ3) is 5.00. The van der Waals surface area contributed by atoms with E-state index in [4.69, 9.17) is 10.8 Å². The summed E-state index contributed by atoms with van der Waals surface area (Å²) in [5.41, 5.74) is 5.48. The predicted molar refractivity (Wildman–Crippen MR) is 94.0 cm³/mol. The summed E-state index contributed by atoms with van der Waals surface area (Å²) in [5.74, 6) is -3.83. The lowest BCUT2D eigenvalue weighted by Gasteiger charge is -2.29. The Morgan fingerprint density at radius 3 is 1.93 bits per heavy atom. The molecule has 2 saturated heterocycles. The number of nitrogens with one attached hydrogen (secondary N) is 1. The van der Waals surface area contributed by atoms with Crippen LogP contribution < -0.4 is 11.1 Å². The van der Waals surface area contributed by atoms with Gasteiger partial charge in [0.25, 0.3) is 0 Å². The van der Waals surface area contributed by atoms with Crippen molar-refractivity contribution in [3.63, 3.8) is 0 Å². The zero-order valence-electron chi connectivity index (χ0n) is 15.5. The number of carboxylic acid groups (broad SMARTS) is 1. The minimum Gasteiger partial charge on any atom is -0.480 e. The number of nitrogens with zero attached hydrogens (tertiary/aromatic N) is 2. The van der Waals surface area contributed by atoms with Gasteiger partial charge in [0.1, 0.15) is 24.2 Å². The first-order valence-corrected chi connectivity index (χ1v) is 9.08. The van der Waals surface area contributed by atoms with Gasteiger partial charge in [-0.05, 0) is 0 Å². The minimum absolute atomic E-state index is 0.137. The second-order valence-electron chi connectivity index (χ2n) is 7.16. The van der Waals surface area contributed by atoms with Crippen LogP contribution in [0, 0.1) is 0 Å². The third-order valence-corrected chi connectivity index (χ3v) is 5.02. The van der Waals surface area contributed by atoms with E-state index in [2.05, 4.69) is 5.32 Å². The number of carbonyl (C=O) groups excluding carboxylic acids is 3. The summed E-state index contributed by atoms with van der Waals surface area (Å²) in [6.45, 7) is -1.96. The maximum atomic E-state index is 12.6. The van der Waals surface area contributed by atoms with Crippen LogP contribution in [0.3, 0.4) is 0 Å². The molecule has 0 saturated carbocycles. The minimum atomic E-state index is -1.50. The van der Waals surface area contributed by atoms with Crippen molar-refractivity contribution in [2.24, 2.45) is 5.73 Å². The average Bonchev–Trinajstić information content (AvgIpc) is 3.27. The molecular formula is C16H26N4O9. The number of likely N-dealkylation sites (tertiary alicyclic amines) is 2. The summed E-state index contributed by atoms with van der Waals surface area (Å²) in [4.78, 5) is 50.6. The Kier molecular flexibility index (Phi) is 7.48. The lowest BCUT2D eigenvalue weighted by atomic mass is 10.1. The number of carboxylic acids is 1. The Balaban J connectivity index is 2.11. The molecule has 2 aliphatic heterocycles. The van der Waals surface area contributed by atoms with Crippen LogP contribution in [0.4, 0.5) is 0 Å². The molecule has 13 nitrogen and oxygen atoms in total. The lowest BCUT2D eigenvalue weighted by Crippen LogP contribution is -2.58. The molecule has 0 aromatic heterocycles. The maximum Gasteiger partial charge on any atom is 0.326 e. The fourth-order valence-corrected chi connectivity index (χ4v) is 3.54. The van der Waals surface area contributed by atoms with Gasteiger partial charge >= 0.3 is 5.97 Å². The maximum absolute atomic E-state index is 12.6. The van der Waals surface area contributed by atoms with Gasteiger partial charge in [-0.1, -0.05) is 0 Å². The SMILES string of the molecule is N[C@@H](CO)C(=O)N1C[C@H](O)C[C@H]1C(=O)N[C@@H](CO)C(=O)N1C[C@H](O)C[C@H]1C(=O)O. The van der Waals surface area contributed by atoms with Crippen LogP contribution >= 0.6 is 0 Å². The number of hydrogen-bond acceptors (Lipinski definition) is 9. The molecule has 8 N–H and O–H groups in total. The van der Waals surface area contributed by atoms with E-state index in [0.717, 1.165) is 9.80 Å². The Bertz CT molecular complexity index is 660. The third-order valence-electron chi connectivity index (χ3n) is 5.02. The summed E-state index contributed by atoms with van der Waals surface area (Å²) in [6, 6.07) is -5.27. The van der Waals surface area contributed by atoms with E-state index in [1.54, 1.807) is 0 Å². The monoisotopic (exact) mass is 418 g/mol.